The minimum absolute atomic E-state index is 0.346. The minimum atomic E-state index is -3.37. The highest BCUT2D eigenvalue weighted by atomic mass is 32.2. The van der Waals surface area contributed by atoms with Crippen LogP contribution in [0.5, 0.6) is 0 Å². The van der Waals surface area contributed by atoms with E-state index in [1.165, 1.54) is 5.57 Å². The third kappa shape index (κ3) is 2.17. The molecule has 3 rings (SSSR count). The van der Waals surface area contributed by atoms with Gasteiger partial charge in [0, 0.05) is 19.0 Å². The van der Waals surface area contributed by atoms with Crippen LogP contribution in [0.2, 0.25) is 0 Å². The standard InChI is InChI=1S/C17H21NO2S/c1-4-14-15(5-2)17-11-18(10-16(14)17)21(19,20)13-8-6-12(3)7-9-13/h4-9,14,16-17H,1,10-11H2,2-3H3/b15-5-/t14-,16+,17-/m0/s1. The molecule has 3 nitrogen and oxygen atoms in total. The number of fused-ring (bicyclic) bond motifs is 1. The third-order valence-corrected chi connectivity index (χ3v) is 6.70. The number of benzene rings is 1. The van der Waals surface area contributed by atoms with Gasteiger partial charge >= 0.3 is 0 Å². The second-order valence-electron chi connectivity index (χ2n) is 5.96. The van der Waals surface area contributed by atoms with Crippen molar-refractivity contribution in [2.45, 2.75) is 18.7 Å². The average molecular weight is 303 g/mol. The van der Waals surface area contributed by atoms with Crippen molar-refractivity contribution in [3.05, 3.63) is 54.1 Å². The van der Waals surface area contributed by atoms with E-state index in [2.05, 4.69) is 12.7 Å². The summed E-state index contributed by atoms with van der Waals surface area (Å²) in [7, 11) is -3.37. The molecule has 1 aromatic carbocycles. The van der Waals surface area contributed by atoms with Crippen molar-refractivity contribution in [1.29, 1.82) is 0 Å². The maximum atomic E-state index is 12.7. The summed E-state index contributed by atoms with van der Waals surface area (Å²) in [4.78, 5) is 0.395. The maximum absolute atomic E-state index is 12.7. The van der Waals surface area contributed by atoms with Crippen LogP contribution in [0.25, 0.3) is 0 Å². The Hall–Kier alpha value is -1.39. The molecular formula is C17H21NO2S. The summed E-state index contributed by atoms with van der Waals surface area (Å²) < 4.78 is 27.1. The SMILES string of the molecule is C=C[C@H]1/C(=C/C)[C@@H]2CN(S(=O)(=O)c3ccc(C)cc3)C[C@H]12. The average Bonchev–Trinajstić information content (AvgIpc) is 2.82. The fraction of sp³-hybridized carbons (Fsp3) is 0.412. The van der Waals surface area contributed by atoms with Crippen molar-refractivity contribution >= 4 is 10.0 Å². The lowest BCUT2D eigenvalue weighted by molar-refractivity contribution is 0.275. The molecule has 1 heterocycles. The summed E-state index contributed by atoms with van der Waals surface area (Å²) in [5, 5.41) is 0. The molecule has 0 aromatic heterocycles. The monoisotopic (exact) mass is 303 g/mol. The normalized spacial score (nSPS) is 31.0. The lowest BCUT2D eigenvalue weighted by Crippen LogP contribution is -2.37. The highest BCUT2D eigenvalue weighted by molar-refractivity contribution is 7.89. The van der Waals surface area contributed by atoms with E-state index in [9.17, 15) is 8.42 Å². The van der Waals surface area contributed by atoms with Crippen LogP contribution >= 0.6 is 0 Å². The maximum Gasteiger partial charge on any atom is 0.243 e. The van der Waals surface area contributed by atoms with Crippen LogP contribution in [0.4, 0.5) is 0 Å². The van der Waals surface area contributed by atoms with E-state index in [0.29, 0.717) is 35.7 Å². The Kier molecular flexibility index (Phi) is 3.54. The van der Waals surface area contributed by atoms with Gasteiger partial charge in [-0.05, 0) is 37.8 Å². The third-order valence-electron chi connectivity index (χ3n) is 4.85. The zero-order valence-electron chi connectivity index (χ0n) is 12.5. The first-order valence-electron chi connectivity index (χ1n) is 7.34. The molecule has 2 aliphatic rings. The number of nitrogens with zero attached hydrogens (tertiary/aromatic N) is 1. The Balaban J connectivity index is 1.86. The molecule has 2 fully saturated rings. The summed E-state index contributed by atoms with van der Waals surface area (Å²) in [5.41, 5.74) is 2.41. The van der Waals surface area contributed by atoms with Crippen molar-refractivity contribution in [2.75, 3.05) is 13.1 Å². The smallest absolute Gasteiger partial charge is 0.207 e. The lowest BCUT2D eigenvalue weighted by atomic mass is 9.62. The van der Waals surface area contributed by atoms with E-state index in [1.807, 2.05) is 32.1 Å². The summed E-state index contributed by atoms with van der Waals surface area (Å²) >= 11 is 0. The Morgan fingerprint density at radius 3 is 2.48 bits per heavy atom. The molecule has 1 aliphatic carbocycles. The van der Waals surface area contributed by atoms with Crippen molar-refractivity contribution in [3.63, 3.8) is 0 Å². The molecule has 0 amide bonds. The number of hydrogen-bond acceptors (Lipinski definition) is 2. The van der Waals surface area contributed by atoms with Gasteiger partial charge in [-0.25, -0.2) is 8.42 Å². The highest BCUT2D eigenvalue weighted by Gasteiger charge is 2.51. The van der Waals surface area contributed by atoms with Crippen molar-refractivity contribution in [1.82, 2.24) is 4.31 Å². The van der Waals surface area contributed by atoms with Crippen LogP contribution in [0.15, 0.2) is 53.5 Å². The van der Waals surface area contributed by atoms with Gasteiger partial charge < -0.3 is 0 Å². The Labute approximate surface area is 127 Å². The highest BCUT2D eigenvalue weighted by Crippen LogP contribution is 2.51. The van der Waals surface area contributed by atoms with Gasteiger partial charge in [0.1, 0.15) is 0 Å². The van der Waals surface area contributed by atoms with Crippen molar-refractivity contribution < 1.29 is 8.42 Å². The van der Waals surface area contributed by atoms with Crippen LogP contribution in [-0.2, 0) is 10.0 Å². The van der Waals surface area contributed by atoms with E-state index in [0.717, 1.165) is 5.56 Å². The molecule has 4 heteroatoms. The Morgan fingerprint density at radius 1 is 1.24 bits per heavy atom. The van der Waals surface area contributed by atoms with Gasteiger partial charge in [0.05, 0.1) is 4.90 Å². The van der Waals surface area contributed by atoms with E-state index in [-0.39, 0.29) is 0 Å². The van der Waals surface area contributed by atoms with Crippen LogP contribution in [0, 0.1) is 24.7 Å². The molecule has 0 spiro atoms. The first-order chi connectivity index (χ1) is 9.98. The summed E-state index contributed by atoms with van der Waals surface area (Å²) in [5.74, 6) is 1.12. The van der Waals surface area contributed by atoms with Crippen LogP contribution < -0.4 is 0 Å². The van der Waals surface area contributed by atoms with Crippen LogP contribution in [0.3, 0.4) is 0 Å². The molecule has 1 saturated heterocycles. The largest absolute Gasteiger partial charge is 0.243 e. The minimum Gasteiger partial charge on any atom is -0.207 e. The molecule has 1 aliphatic heterocycles. The van der Waals surface area contributed by atoms with Crippen molar-refractivity contribution in [3.8, 4) is 0 Å². The summed E-state index contributed by atoms with van der Waals surface area (Å²) in [6, 6.07) is 7.10. The van der Waals surface area contributed by atoms with Crippen LogP contribution in [0.1, 0.15) is 12.5 Å². The van der Waals surface area contributed by atoms with Crippen molar-refractivity contribution in [2.24, 2.45) is 17.8 Å². The molecule has 1 saturated carbocycles. The fourth-order valence-electron chi connectivity index (χ4n) is 3.66. The van der Waals surface area contributed by atoms with E-state index in [1.54, 1.807) is 16.4 Å². The van der Waals surface area contributed by atoms with E-state index >= 15 is 0 Å². The Bertz CT molecular complexity index is 688. The second-order valence-corrected chi connectivity index (χ2v) is 7.89. The molecule has 21 heavy (non-hydrogen) atoms. The molecule has 0 N–H and O–H groups in total. The first-order valence-corrected chi connectivity index (χ1v) is 8.78. The molecule has 3 atom stereocenters. The second kappa shape index (κ2) is 5.11. The molecule has 0 bridgehead atoms. The molecule has 0 unspecified atom stereocenters. The van der Waals surface area contributed by atoms with E-state index < -0.39 is 10.0 Å². The zero-order valence-corrected chi connectivity index (χ0v) is 13.3. The lowest BCUT2D eigenvalue weighted by Gasteiger charge is -2.41. The summed E-state index contributed by atoms with van der Waals surface area (Å²) in [6.45, 7) is 9.08. The van der Waals surface area contributed by atoms with Gasteiger partial charge in [-0.15, -0.1) is 6.58 Å². The molecule has 112 valence electrons. The molecule has 0 radical (unpaired) electrons. The first kappa shape index (κ1) is 14.5. The zero-order chi connectivity index (χ0) is 15.2. The summed E-state index contributed by atoms with van der Waals surface area (Å²) in [6.07, 6.45) is 4.08. The number of rotatable bonds is 3. The number of aryl methyl sites for hydroxylation is 1. The number of hydrogen-bond donors (Lipinski definition) is 0. The van der Waals surface area contributed by atoms with Gasteiger partial charge in [-0.3, -0.25) is 0 Å². The number of allylic oxidation sites excluding steroid dienone is 2. The van der Waals surface area contributed by atoms with Gasteiger partial charge in [-0.2, -0.15) is 4.31 Å². The number of sulfonamides is 1. The van der Waals surface area contributed by atoms with Gasteiger partial charge in [-0.1, -0.05) is 35.4 Å². The predicted octanol–water partition coefficient (Wildman–Crippen LogP) is 2.99. The quantitative estimate of drug-likeness (QED) is 0.805. The fourth-order valence-corrected chi connectivity index (χ4v) is 5.16. The van der Waals surface area contributed by atoms with E-state index in [4.69, 9.17) is 0 Å². The van der Waals surface area contributed by atoms with Crippen LogP contribution in [-0.4, -0.2) is 25.8 Å². The topological polar surface area (TPSA) is 37.4 Å². The van der Waals surface area contributed by atoms with Gasteiger partial charge in [0.2, 0.25) is 10.0 Å². The van der Waals surface area contributed by atoms with Gasteiger partial charge in [0.15, 0.2) is 0 Å². The Morgan fingerprint density at radius 2 is 1.90 bits per heavy atom. The predicted molar refractivity (Wildman–Crippen MR) is 84.4 cm³/mol. The van der Waals surface area contributed by atoms with Gasteiger partial charge in [0.25, 0.3) is 0 Å². The molecular weight excluding hydrogens is 282 g/mol. The molecule has 1 aromatic rings.